The second-order valence-electron chi connectivity index (χ2n) is 4.92. The van der Waals surface area contributed by atoms with Gasteiger partial charge in [0.1, 0.15) is 0 Å². The maximum absolute atomic E-state index is 11.2. The topological polar surface area (TPSA) is 43.1 Å². The smallest absolute Gasteiger partial charge is 0.217 e. The van der Waals surface area contributed by atoms with Crippen LogP contribution in [0, 0.1) is 5.92 Å². The van der Waals surface area contributed by atoms with Crippen molar-refractivity contribution in [3.63, 3.8) is 0 Å². The van der Waals surface area contributed by atoms with Crippen LogP contribution in [-0.2, 0) is 17.6 Å². The van der Waals surface area contributed by atoms with E-state index >= 15 is 0 Å². The van der Waals surface area contributed by atoms with Crippen molar-refractivity contribution in [2.24, 2.45) is 11.7 Å². The Labute approximate surface area is 114 Å². The molecule has 0 fully saturated rings. The van der Waals surface area contributed by atoms with Crippen molar-refractivity contribution in [2.75, 3.05) is 0 Å². The molecule has 2 heteroatoms. The summed E-state index contributed by atoms with van der Waals surface area (Å²) in [4.78, 5) is 11.2. The van der Waals surface area contributed by atoms with Crippen molar-refractivity contribution < 1.29 is 4.79 Å². The Morgan fingerprint density at radius 1 is 0.842 bits per heavy atom. The number of hydrogen-bond donors (Lipinski definition) is 1. The number of carbonyl (C=O) groups is 1. The minimum Gasteiger partial charge on any atom is -0.370 e. The summed E-state index contributed by atoms with van der Waals surface area (Å²) in [6.07, 6.45) is 2.21. The van der Waals surface area contributed by atoms with E-state index in [4.69, 9.17) is 5.73 Å². The Hall–Kier alpha value is -2.09. The van der Waals surface area contributed by atoms with Gasteiger partial charge in [-0.05, 0) is 29.9 Å². The molecule has 1 amide bonds. The molecule has 0 unspecified atom stereocenters. The summed E-state index contributed by atoms with van der Waals surface area (Å²) in [7, 11) is 0. The molecule has 2 N–H and O–H groups in total. The lowest BCUT2D eigenvalue weighted by molar-refractivity contribution is -0.118. The highest BCUT2D eigenvalue weighted by molar-refractivity contribution is 5.74. The Morgan fingerprint density at radius 2 is 1.26 bits per heavy atom. The van der Waals surface area contributed by atoms with E-state index in [1.165, 1.54) is 11.1 Å². The second kappa shape index (κ2) is 6.74. The molecular weight excluding hydrogens is 234 g/mol. The molecule has 2 rings (SSSR count). The van der Waals surface area contributed by atoms with Crippen LogP contribution < -0.4 is 5.73 Å². The molecule has 0 bridgehead atoms. The van der Waals surface area contributed by atoms with Crippen LogP contribution in [0.5, 0.6) is 0 Å². The van der Waals surface area contributed by atoms with Gasteiger partial charge in [0.15, 0.2) is 0 Å². The Bertz CT molecular complexity index is 466. The third-order valence-electron chi connectivity index (χ3n) is 3.22. The van der Waals surface area contributed by atoms with E-state index in [-0.39, 0.29) is 11.8 Å². The van der Waals surface area contributed by atoms with Crippen LogP contribution in [0.2, 0.25) is 0 Å². The average Bonchev–Trinajstić information content (AvgIpc) is 2.40. The zero-order chi connectivity index (χ0) is 13.5. The quantitative estimate of drug-likeness (QED) is 0.845. The van der Waals surface area contributed by atoms with Gasteiger partial charge in [-0.3, -0.25) is 4.79 Å². The van der Waals surface area contributed by atoms with Crippen molar-refractivity contribution in [3.05, 3.63) is 71.8 Å². The zero-order valence-electron chi connectivity index (χ0n) is 11.0. The molecule has 98 valence electrons. The van der Waals surface area contributed by atoms with Gasteiger partial charge in [-0.2, -0.15) is 0 Å². The van der Waals surface area contributed by atoms with E-state index in [9.17, 15) is 4.79 Å². The maximum Gasteiger partial charge on any atom is 0.217 e. The molecule has 0 heterocycles. The fraction of sp³-hybridized carbons (Fsp3) is 0.235. The molecule has 0 spiro atoms. The van der Waals surface area contributed by atoms with E-state index in [2.05, 4.69) is 24.3 Å². The first-order valence-corrected chi connectivity index (χ1v) is 6.60. The molecule has 0 aliphatic rings. The van der Waals surface area contributed by atoms with E-state index in [0.717, 1.165) is 12.8 Å². The van der Waals surface area contributed by atoms with E-state index in [0.29, 0.717) is 6.42 Å². The van der Waals surface area contributed by atoms with Gasteiger partial charge >= 0.3 is 0 Å². The second-order valence-corrected chi connectivity index (χ2v) is 4.92. The van der Waals surface area contributed by atoms with Crippen LogP contribution in [0.15, 0.2) is 60.7 Å². The first-order valence-electron chi connectivity index (χ1n) is 6.60. The summed E-state index contributed by atoms with van der Waals surface area (Å²) in [6.45, 7) is 0. The third kappa shape index (κ3) is 4.59. The molecule has 0 aliphatic carbocycles. The minimum absolute atomic E-state index is 0.225. The van der Waals surface area contributed by atoms with Gasteiger partial charge < -0.3 is 5.73 Å². The monoisotopic (exact) mass is 253 g/mol. The Balaban J connectivity index is 2.06. The van der Waals surface area contributed by atoms with Gasteiger partial charge in [0.2, 0.25) is 5.91 Å². The number of hydrogen-bond acceptors (Lipinski definition) is 1. The van der Waals surface area contributed by atoms with Gasteiger partial charge in [0, 0.05) is 6.42 Å². The van der Waals surface area contributed by atoms with E-state index in [1.54, 1.807) is 0 Å². The number of rotatable bonds is 6. The molecule has 2 nitrogen and oxygen atoms in total. The number of nitrogens with two attached hydrogens (primary N) is 1. The summed E-state index contributed by atoms with van der Waals surface area (Å²) in [5, 5.41) is 0. The lowest BCUT2D eigenvalue weighted by Gasteiger charge is -2.15. The van der Waals surface area contributed by atoms with Crippen molar-refractivity contribution >= 4 is 5.91 Å². The van der Waals surface area contributed by atoms with Gasteiger partial charge in [-0.15, -0.1) is 0 Å². The molecule has 0 atom stereocenters. The molecule has 0 aliphatic heterocycles. The molecule has 2 aromatic carbocycles. The summed E-state index contributed by atoms with van der Waals surface area (Å²) in [5.74, 6) is 0.0409. The predicted molar refractivity (Wildman–Crippen MR) is 77.6 cm³/mol. The fourth-order valence-electron chi connectivity index (χ4n) is 2.40. The summed E-state index contributed by atoms with van der Waals surface area (Å²) in [6, 6.07) is 20.5. The van der Waals surface area contributed by atoms with Crippen LogP contribution in [0.25, 0.3) is 0 Å². The summed E-state index contributed by atoms with van der Waals surface area (Å²) < 4.78 is 0. The Morgan fingerprint density at radius 3 is 1.63 bits per heavy atom. The SMILES string of the molecule is NC(=O)CC(Cc1ccccc1)Cc1ccccc1. The molecule has 19 heavy (non-hydrogen) atoms. The highest BCUT2D eigenvalue weighted by atomic mass is 16.1. The van der Waals surface area contributed by atoms with Crippen LogP contribution in [0.3, 0.4) is 0 Å². The van der Waals surface area contributed by atoms with E-state index < -0.39 is 0 Å². The van der Waals surface area contributed by atoms with Crippen LogP contribution in [0.4, 0.5) is 0 Å². The van der Waals surface area contributed by atoms with Crippen LogP contribution in [-0.4, -0.2) is 5.91 Å². The van der Waals surface area contributed by atoms with Crippen LogP contribution in [0.1, 0.15) is 17.5 Å². The number of amides is 1. The molecule has 0 saturated carbocycles. The zero-order valence-corrected chi connectivity index (χ0v) is 11.0. The summed E-state index contributed by atoms with van der Waals surface area (Å²) >= 11 is 0. The third-order valence-corrected chi connectivity index (χ3v) is 3.22. The van der Waals surface area contributed by atoms with Gasteiger partial charge in [0.25, 0.3) is 0 Å². The fourth-order valence-corrected chi connectivity index (χ4v) is 2.40. The average molecular weight is 253 g/mol. The Kier molecular flexibility index (Phi) is 4.73. The van der Waals surface area contributed by atoms with Crippen molar-refractivity contribution in [1.82, 2.24) is 0 Å². The number of carbonyl (C=O) groups excluding carboxylic acids is 1. The predicted octanol–water partition coefficient (Wildman–Crippen LogP) is 2.96. The molecule has 0 saturated heterocycles. The summed E-state index contributed by atoms with van der Waals surface area (Å²) in [5.41, 5.74) is 7.87. The normalized spacial score (nSPS) is 10.6. The highest BCUT2D eigenvalue weighted by Gasteiger charge is 2.13. The molecular formula is C17H19NO. The minimum atomic E-state index is -0.225. The lowest BCUT2D eigenvalue weighted by atomic mass is 9.90. The number of benzene rings is 2. The van der Waals surface area contributed by atoms with Crippen molar-refractivity contribution in [2.45, 2.75) is 19.3 Å². The highest BCUT2D eigenvalue weighted by Crippen LogP contribution is 2.17. The maximum atomic E-state index is 11.2. The van der Waals surface area contributed by atoms with Gasteiger partial charge in [0.05, 0.1) is 0 Å². The number of primary amides is 1. The standard InChI is InChI=1S/C17H19NO/c18-17(19)13-16(11-14-7-3-1-4-8-14)12-15-9-5-2-6-10-15/h1-10,16H,11-13H2,(H2,18,19). The van der Waals surface area contributed by atoms with E-state index in [1.807, 2.05) is 36.4 Å². The van der Waals surface area contributed by atoms with Crippen LogP contribution >= 0.6 is 0 Å². The van der Waals surface area contributed by atoms with Crippen molar-refractivity contribution in [1.29, 1.82) is 0 Å². The van der Waals surface area contributed by atoms with Gasteiger partial charge in [-0.25, -0.2) is 0 Å². The molecule has 0 aromatic heterocycles. The molecule has 2 aromatic rings. The van der Waals surface area contributed by atoms with Gasteiger partial charge in [-0.1, -0.05) is 60.7 Å². The first-order chi connectivity index (χ1) is 9.24. The van der Waals surface area contributed by atoms with Crippen molar-refractivity contribution in [3.8, 4) is 0 Å². The lowest BCUT2D eigenvalue weighted by Crippen LogP contribution is -2.19. The molecule has 0 radical (unpaired) electrons. The first kappa shape index (κ1) is 13.3. The largest absolute Gasteiger partial charge is 0.370 e.